The van der Waals surface area contributed by atoms with Gasteiger partial charge in [0.2, 0.25) is 0 Å². The molecule has 2 rings (SSSR count). The van der Waals surface area contributed by atoms with E-state index in [4.69, 9.17) is 5.11 Å². The average molecular weight is 373 g/mol. The Labute approximate surface area is 171 Å². The van der Waals surface area contributed by atoms with E-state index in [1.807, 2.05) is 0 Å². The predicted octanol–water partition coefficient (Wildman–Crippen LogP) is 1.56. The third kappa shape index (κ3) is 5.72. The van der Waals surface area contributed by atoms with Gasteiger partial charge in [0.15, 0.2) is 0 Å². The van der Waals surface area contributed by atoms with Gasteiger partial charge < -0.3 is 11.8 Å². The van der Waals surface area contributed by atoms with Gasteiger partial charge in [0.25, 0.3) is 5.91 Å². The van der Waals surface area contributed by atoms with Gasteiger partial charge in [-0.2, -0.15) is 13.2 Å². The fraction of sp³-hybridized carbons (Fsp3) is 0.111. The number of nitrogens with one attached hydrogen (secondary N) is 1. The van der Waals surface area contributed by atoms with Gasteiger partial charge in [-0.05, 0) is 42.8 Å². The number of benzene rings is 2. The summed E-state index contributed by atoms with van der Waals surface area (Å²) in [6.45, 7) is 1.48. The largest absolute Gasteiger partial charge is 1.00 e. The molecule has 2 aromatic rings. The van der Waals surface area contributed by atoms with E-state index < -0.39 is 23.6 Å². The number of para-hydroxylation sites is 1. The number of hydrogen-bond donors (Lipinski definition) is 2. The summed E-state index contributed by atoms with van der Waals surface area (Å²) >= 11 is 0. The molecule has 132 valence electrons. The van der Waals surface area contributed by atoms with Gasteiger partial charge in [-0.25, -0.2) is 4.79 Å². The number of halogens is 3. The Hall–Kier alpha value is -2.09. The molecule has 0 bridgehead atoms. The van der Waals surface area contributed by atoms with Crippen LogP contribution in [0.2, 0.25) is 0 Å². The number of carboxylic acids is 1. The van der Waals surface area contributed by atoms with Gasteiger partial charge in [-0.3, -0.25) is 4.79 Å². The molecule has 0 heterocycles. The minimum absolute atomic E-state index is 0. The van der Waals surface area contributed by atoms with E-state index in [1.165, 1.54) is 43.3 Å². The van der Waals surface area contributed by atoms with Gasteiger partial charge in [-0.15, -0.1) is 0 Å². The fourth-order valence-electron chi connectivity index (χ4n) is 2.08. The number of carbonyl (C=O) groups excluding carboxylic acids is 1. The summed E-state index contributed by atoms with van der Waals surface area (Å²) in [5.74, 6) is -1.73. The Kier molecular flexibility index (Phi) is 7.62. The molecule has 26 heavy (non-hydrogen) atoms. The minimum Gasteiger partial charge on any atom is -1.00 e. The summed E-state index contributed by atoms with van der Waals surface area (Å²) in [7, 11) is 0. The van der Waals surface area contributed by atoms with Crippen LogP contribution < -0.4 is 34.9 Å². The van der Waals surface area contributed by atoms with Crippen molar-refractivity contribution < 1.29 is 58.9 Å². The molecule has 0 unspecified atom stereocenters. The minimum atomic E-state index is -4.42. The van der Waals surface area contributed by atoms with Gasteiger partial charge in [0, 0.05) is 5.57 Å². The second-order valence-electron chi connectivity index (χ2n) is 5.25. The molecule has 8 heteroatoms. The van der Waals surface area contributed by atoms with Gasteiger partial charge in [-0.1, -0.05) is 24.3 Å². The molecule has 0 radical (unpaired) electrons. The number of carboxylic acid groups (broad SMARTS) is 1. The van der Waals surface area contributed by atoms with Crippen LogP contribution in [0.4, 0.5) is 18.9 Å². The number of hydrogen-bond acceptors (Lipinski definition) is 2. The van der Waals surface area contributed by atoms with E-state index in [2.05, 4.69) is 5.32 Å². The van der Waals surface area contributed by atoms with Crippen LogP contribution in [0.15, 0.2) is 54.1 Å². The molecular formula is C18H15F3NNaO3. The molecule has 0 aliphatic rings. The normalized spacial score (nSPS) is 11.5. The first-order valence-corrected chi connectivity index (χ1v) is 7.17. The molecule has 0 atom stereocenters. The summed E-state index contributed by atoms with van der Waals surface area (Å²) in [6, 6.07) is 10.3. The van der Waals surface area contributed by atoms with Crippen LogP contribution in [0, 0.1) is 0 Å². The quantitative estimate of drug-likeness (QED) is 0.632. The zero-order valence-corrected chi connectivity index (χ0v) is 16.1. The van der Waals surface area contributed by atoms with E-state index in [9.17, 15) is 22.8 Å². The van der Waals surface area contributed by atoms with Crippen LogP contribution >= 0.6 is 0 Å². The molecule has 0 saturated carbocycles. The molecule has 4 nitrogen and oxygen atoms in total. The standard InChI is InChI=1S/C18H14F3NO3.Na.H/c1-11(10-12-6-8-13(9-7-12)18(19,20)21)16(23)22-15-5-3-2-4-14(15)17(24)25;;/h2-10H,1H3,(H,22,23)(H,24,25);;/q;+1;-1/b11-10+;;. The van der Waals surface area contributed by atoms with E-state index in [0.29, 0.717) is 5.56 Å². The fourth-order valence-corrected chi connectivity index (χ4v) is 2.08. The zero-order valence-electron chi connectivity index (χ0n) is 15.1. The van der Waals surface area contributed by atoms with Crippen LogP contribution in [0.5, 0.6) is 0 Å². The summed E-state index contributed by atoms with van der Waals surface area (Å²) in [5.41, 5.74) is -0.0485. The number of alkyl halides is 3. The van der Waals surface area contributed by atoms with Crippen molar-refractivity contribution in [2.24, 2.45) is 0 Å². The molecule has 0 saturated heterocycles. The van der Waals surface area contributed by atoms with Crippen LogP contribution in [-0.4, -0.2) is 17.0 Å². The first-order valence-electron chi connectivity index (χ1n) is 7.17. The SMILES string of the molecule is C/C(=C\c1ccc(C(F)(F)F)cc1)C(=O)Nc1ccccc1C(=O)O.[H-].[Na+]. The first kappa shape index (κ1) is 22.0. The maximum absolute atomic E-state index is 12.5. The summed E-state index contributed by atoms with van der Waals surface area (Å²) < 4.78 is 37.6. The Balaban J connectivity index is 0.00000338. The van der Waals surface area contributed by atoms with Crippen LogP contribution in [0.25, 0.3) is 6.08 Å². The molecule has 1 amide bonds. The van der Waals surface area contributed by atoms with Crippen molar-refractivity contribution in [1.82, 2.24) is 0 Å². The van der Waals surface area contributed by atoms with Crippen molar-refractivity contribution in [2.45, 2.75) is 13.1 Å². The second kappa shape index (κ2) is 9.02. The molecule has 0 aliphatic carbocycles. The Morgan fingerprint density at radius 1 is 1.08 bits per heavy atom. The Morgan fingerprint density at radius 3 is 2.19 bits per heavy atom. The van der Waals surface area contributed by atoms with Crippen LogP contribution in [-0.2, 0) is 11.0 Å². The third-order valence-electron chi connectivity index (χ3n) is 3.39. The van der Waals surface area contributed by atoms with Crippen LogP contribution in [0.1, 0.15) is 29.8 Å². The van der Waals surface area contributed by atoms with E-state index in [-0.39, 0.29) is 47.8 Å². The van der Waals surface area contributed by atoms with Crippen molar-refractivity contribution in [3.8, 4) is 0 Å². The van der Waals surface area contributed by atoms with Gasteiger partial charge in [0.1, 0.15) is 0 Å². The molecule has 0 aliphatic heterocycles. The Morgan fingerprint density at radius 2 is 1.65 bits per heavy atom. The number of rotatable bonds is 4. The van der Waals surface area contributed by atoms with Gasteiger partial charge in [0.05, 0.1) is 16.8 Å². The molecular weight excluding hydrogens is 358 g/mol. The van der Waals surface area contributed by atoms with Crippen molar-refractivity contribution in [3.63, 3.8) is 0 Å². The molecule has 0 fully saturated rings. The van der Waals surface area contributed by atoms with Crippen molar-refractivity contribution >= 4 is 23.6 Å². The number of aromatic carboxylic acids is 1. The molecule has 2 N–H and O–H groups in total. The topological polar surface area (TPSA) is 66.4 Å². The van der Waals surface area contributed by atoms with Crippen molar-refractivity contribution in [1.29, 1.82) is 0 Å². The first-order chi connectivity index (χ1) is 11.7. The summed E-state index contributed by atoms with van der Waals surface area (Å²) in [4.78, 5) is 23.3. The molecule has 0 spiro atoms. The van der Waals surface area contributed by atoms with E-state index in [0.717, 1.165) is 12.1 Å². The maximum Gasteiger partial charge on any atom is 1.00 e. The summed E-state index contributed by atoms with van der Waals surface area (Å²) in [6.07, 6.45) is -3.01. The number of anilines is 1. The smallest absolute Gasteiger partial charge is 1.00 e. The monoisotopic (exact) mass is 373 g/mol. The molecule has 2 aromatic carbocycles. The zero-order chi connectivity index (χ0) is 18.6. The average Bonchev–Trinajstić information content (AvgIpc) is 2.54. The number of amides is 1. The van der Waals surface area contributed by atoms with Crippen LogP contribution in [0.3, 0.4) is 0 Å². The Bertz CT molecular complexity index is 836. The summed E-state index contributed by atoms with van der Waals surface area (Å²) in [5, 5.41) is 11.6. The third-order valence-corrected chi connectivity index (χ3v) is 3.39. The maximum atomic E-state index is 12.5. The van der Waals surface area contributed by atoms with Crippen molar-refractivity contribution in [2.75, 3.05) is 5.32 Å². The van der Waals surface area contributed by atoms with Gasteiger partial charge >= 0.3 is 41.7 Å². The van der Waals surface area contributed by atoms with E-state index >= 15 is 0 Å². The second-order valence-corrected chi connectivity index (χ2v) is 5.25. The predicted molar refractivity (Wildman–Crippen MR) is 88.2 cm³/mol. The molecule has 0 aromatic heterocycles. The van der Waals surface area contributed by atoms with E-state index in [1.54, 1.807) is 6.07 Å². The van der Waals surface area contributed by atoms with Crippen molar-refractivity contribution in [3.05, 3.63) is 70.8 Å². The number of carbonyl (C=O) groups is 2.